The molecule has 24 heavy (non-hydrogen) atoms. The van der Waals surface area contributed by atoms with Crippen LogP contribution in [0.5, 0.6) is 5.75 Å². The Labute approximate surface area is 142 Å². The minimum atomic E-state index is -0.246. The van der Waals surface area contributed by atoms with Crippen molar-refractivity contribution in [1.29, 1.82) is 0 Å². The van der Waals surface area contributed by atoms with Gasteiger partial charge in [-0.15, -0.1) is 0 Å². The van der Waals surface area contributed by atoms with Gasteiger partial charge < -0.3 is 20.7 Å². The van der Waals surface area contributed by atoms with Crippen molar-refractivity contribution in [3.05, 3.63) is 23.8 Å². The second kappa shape index (κ2) is 7.21. The number of carbonyl (C=O) groups is 2. The third kappa shape index (κ3) is 3.70. The molecule has 2 amide bonds. The second-order valence-electron chi connectivity index (χ2n) is 6.72. The third-order valence-electron chi connectivity index (χ3n) is 5.02. The number of anilines is 1. The molecule has 2 atom stereocenters. The lowest BCUT2D eigenvalue weighted by atomic mass is 9.89. The molecule has 0 radical (unpaired) electrons. The molecule has 1 aromatic carbocycles. The number of ether oxygens (including phenoxy) is 1. The first-order chi connectivity index (χ1) is 11.6. The zero-order valence-electron chi connectivity index (χ0n) is 14.2. The highest BCUT2D eigenvalue weighted by molar-refractivity contribution is 6.04. The van der Waals surface area contributed by atoms with Gasteiger partial charge in [0.2, 0.25) is 5.91 Å². The van der Waals surface area contributed by atoms with Crippen molar-refractivity contribution in [3.8, 4) is 5.75 Å². The van der Waals surface area contributed by atoms with Crippen molar-refractivity contribution >= 4 is 17.5 Å². The van der Waals surface area contributed by atoms with Crippen LogP contribution in [0.1, 0.15) is 42.5 Å². The number of hydrogen-bond donors (Lipinski definition) is 3. The first kappa shape index (κ1) is 16.8. The number of piperidine rings is 1. The van der Waals surface area contributed by atoms with Crippen molar-refractivity contribution in [3.63, 3.8) is 0 Å². The Kier molecular flexibility index (Phi) is 5.04. The van der Waals surface area contributed by atoms with Crippen LogP contribution in [0.15, 0.2) is 18.2 Å². The molecule has 6 heteroatoms. The Morgan fingerprint density at radius 1 is 1.25 bits per heavy atom. The maximum absolute atomic E-state index is 12.4. The molecule has 2 aliphatic heterocycles. The summed E-state index contributed by atoms with van der Waals surface area (Å²) in [4.78, 5) is 24.5. The molecule has 6 nitrogen and oxygen atoms in total. The summed E-state index contributed by atoms with van der Waals surface area (Å²) >= 11 is 0. The Balaban J connectivity index is 1.66. The number of nitrogens with one attached hydrogen (secondary N) is 3. The molecule has 2 bridgehead atoms. The van der Waals surface area contributed by atoms with E-state index in [0.29, 0.717) is 41.4 Å². The molecule has 0 aromatic heterocycles. The van der Waals surface area contributed by atoms with Gasteiger partial charge in [-0.1, -0.05) is 0 Å². The van der Waals surface area contributed by atoms with Crippen LogP contribution in [-0.2, 0) is 4.79 Å². The summed E-state index contributed by atoms with van der Waals surface area (Å²) in [7, 11) is 3.12. The number of benzene rings is 1. The van der Waals surface area contributed by atoms with Crippen LogP contribution in [0.25, 0.3) is 0 Å². The number of rotatable bonds is 5. The summed E-state index contributed by atoms with van der Waals surface area (Å²) in [5, 5.41) is 9.08. The Morgan fingerprint density at radius 2 is 1.96 bits per heavy atom. The van der Waals surface area contributed by atoms with Gasteiger partial charge in [0.1, 0.15) is 5.75 Å². The molecule has 1 aromatic rings. The van der Waals surface area contributed by atoms with E-state index in [1.165, 1.54) is 12.8 Å². The Bertz CT molecular complexity index is 620. The van der Waals surface area contributed by atoms with Crippen molar-refractivity contribution in [2.24, 2.45) is 5.92 Å². The molecule has 0 saturated carbocycles. The monoisotopic (exact) mass is 331 g/mol. The van der Waals surface area contributed by atoms with E-state index in [0.717, 1.165) is 12.8 Å². The number of amides is 2. The first-order valence-electron chi connectivity index (χ1n) is 8.55. The molecule has 3 rings (SSSR count). The van der Waals surface area contributed by atoms with E-state index in [4.69, 9.17) is 4.74 Å². The topological polar surface area (TPSA) is 79.5 Å². The van der Waals surface area contributed by atoms with Crippen LogP contribution in [0, 0.1) is 5.92 Å². The van der Waals surface area contributed by atoms with E-state index in [-0.39, 0.29) is 11.8 Å². The zero-order valence-corrected chi connectivity index (χ0v) is 14.2. The van der Waals surface area contributed by atoms with Gasteiger partial charge in [-0.25, -0.2) is 0 Å². The minimum absolute atomic E-state index is 0.0309. The predicted octanol–water partition coefficient (Wildman–Crippen LogP) is 1.91. The van der Waals surface area contributed by atoms with Gasteiger partial charge in [0, 0.05) is 25.6 Å². The third-order valence-corrected chi connectivity index (χ3v) is 5.02. The lowest BCUT2D eigenvalue weighted by Gasteiger charge is -2.28. The summed E-state index contributed by atoms with van der Waals surface area (Å²) in [6.07, 6.45) is 5.09. The molecule has 0 spiro atoms. The smallest absolute Gasteiger partial charge is 0.253 e. The van der Waals surface area contributed by atoms with Gasteiger partial charge in [-0.2, -0.15) is 0 Å². The summed E-state index contributed by atoms with van der Waals surface area (Å²) in [6, 6.07) is 6.24. The maximum Gasteiger partial charge on any atom is 0.253 e. The van der Waals surface area contributed by atoms with Crippen molar-refractivity contribution in [2.45, 2.75) is 44.2 Å². The number of fused-ring (bicyclic) bond motifs is 2. The molecule has 2 fully saturated rings. The molecular weight excluding hydrogens is 306 g/mol. The summed E-state index contributed by atoms with van der Waals surface area (Å²) in [6.45, 7) is 0. The fourth-order valence-electron chi connectivity index (χ4n) is 3.89. The molecule has 0 aliphatic carbocycles. The zero-order chi connectivity index (χ0) is 17.1. The minimum Gasteiger partial charge on any atom is -0.497 e. The largest absolute Gasteiger partial charge is 0.497 e. The molecule has 130 valence electrons. The summed E-state index contributed by atoms with van der Waals surface area (Å²) < 4.78 is 5.16. The average Bonchev–Trinajstić information content (AvgIpc) is 2.93. The maximum atomic E-state index is 12.4. The van der Waals surface area contributed by atoms with Crippen LogP contribution in [0.3, 0.4) is 0 Å². The standard InChI is InChI=1S/C18H25N3O3/c1-19-18(23)15-10-14(24-2)5-6-16(15)21-17(22)9-11-7-12-3-4-13(8-11)20-12/h5-6,10-13,20H,3-4,7-9H2,1-2H3,(H,19,23)(H,21,22). The van der Waals surface area contributed by atoms with E-state index < -0.39 is 0 Å². The summed E-state index contributed by atoms with van der Waals surface area (Å²) in [5.41, 5.74) is 0.938. The van der Waals surface area contributed by atoms with E-state index in [2.05, 4.69) is 16.0 Å². The Hall–Kier alpha value is -2.08. The molecular formula is C18H25N3O3. The SMILES string of the molecule is CNC(=O)c1cc(OC)ccc1NC(=O)CC1CC2CCC(C1)N2. The fraction of sp³-hybridized carbons (Fsp3) is 0.556. The highest BCUT2D eigenvalue weighted by Crippen LogP contribution is 2.33. The number of carbonyl (C=O) groups excluding carboxylic acids is 2. The average molecular weight is 331 g/mol. The predicted molar refractivity (Wildman–Crippen MR) is 92.3 cm³/mol. The van der Waals surface area contributed by atoms with Crippen LogP contribution in [-0.4, -0.2) is 38.1 Å². The van der Waals surface area contributed by atoms with E-state index in [9.17, 15) is 9.59 Å². The van der Waals surface area contributed by atoms with E-state index in [1.54, 1.807) is 32.4 Å². The number of hydrogen-bond acceptors (Lipinski definition) is 4. The van der Waals surface area contributed by atoms with Gasteiger partial charge in [-0.05, 0) is 49.8 Å². The molecule has 2 heterocycles. The second-order valence-corrected chi connectivity index (χ2v) is 6.72. The van der Waals surface area contributed by atoms with Gasteiger partial charge in [0.05, 0.1) is 18.4 Å². The first-order valence-corrected chi connectivity index (χ1v) is 8.55. The van der Waals surface area contributed by atoms with Gasteiger partial charge in [-0.3, -0.25) is 9.59 Å². The van der Waals surface area contributed by atoms with Gasteiger partial charge in [0.15, 0.2) is 0 Å². The van der Waals surface area contributed by atoms with Gasteiger partial charge in [0.25, 0.3) is 5.91 Å². The highest BCUT2D eigenvalue weighted by atomic mass is 16.5. The molecule has 3 N–H and O–H groups in total. The molecule has 2 unspecified atom stereocenters. The van der Waals surface area contributed by atoms with Crippen LogP contribution in [0.4, 0.5) is 5.69 Å². The van der Waals surface area contributed by atoms with Crippen LogP contribution >= 0.6 is 0 Å². The van der Waals surface area contributed by atoms with Gasteiger partial charge >= 0.3 is 0 Å². The van der Waals surface area contributed by atoms with Crippen LogP contribution < -0.4 is 20.7 Å². The normalized spacial score (nSPS) is 25.2. The molecule has 2 aliphatic rings. The molecule has 2 saturated heterocycles. The van der Waals surface area contributed by atoms with Crippen molar-refractivity contribution < 1.29 is 14.3 Å². The van der Waals surface area contributed by atoms with Crippen molar-refractivity contribution in [1.82, 2.24) is 10.6 Å². The number of methoxy groups -OCH3 is 1. The Morgan fingerprint density at radius 3 is 2.58 bits per heavy atom. The van der Waals surface area contributed by atoms with Crippen molar-refractivity contribution in [2.75, 3.05) is 19.5 Å². The lowest BCUT2D eigenvalue weighted by Crippen LogP contribution is -2.39. The lowest BCUT2D eigenvalue weighted by molar-refractivity contribution is -0.117. The summed E-state index contributed by atoms with van der Waals surface area (Å²) in [5.74, 6) is 0.729. The van der Waals surface area contributed by atoms with Crippen LogP contribution in [0.2, 0.25) is 0 Å². The van der Waals surface area contributed by atoms with E-state index >= 15 is 0 Å². The quantitative estimate of drug-likeness (QED) is 0.770. The van der Waals surface area contributed by atoms with E-state index in [1.807, 2.05) is 0 Å². The highest BCUT2D eigenvalue weighted by Gasteiger charge is 2.34. The fourth-order valence-corrected chi connectivity index (χ4v) is 3.89.